The van der Waals surface area contributed by atoms with E-state index in [4.69, 9.17) is 19.6 Å². The number of methoxy groups -OCH3 is 1. The van der Waals surface area contributed by atoms with Crippen LogP contribution in [0, 0.1) is 0 Å². The van der Waals surface area contributed by atoms with E-state index in [1.807, 2.05) is 91.9 Å². The predicted molar refractivity (Wildman–Crippen MR) is 129 cm³/mol. The molecule has 2 heterocycles. The number of aromatic nitrogens is 3. The van der Waals surface area contributed by atoms with Gasteiger partial charge in [-0.05, 0) is 30.2 Å². The standard InChI is InChI=1S/C27H24N4O3/c1-18-23(26(32)34-17-19-9-5-3-6-10-19)24(20-13-15-22(33-2)16-14-20)31-27(28-18)29-25(30-31)21-11-7-4-8-12-21/h3-16,24H,17H2,1-2H3,(H,28,29,30). The second-order valence-corrected chi connectivity index (χ2v) is 7.97. The molecule has 4 aromatic rings. The molecule has 0 spiro atoms. The van der Waals surface area contributed by atoms with E-state index in [2.05, 4.69) is 5.32 Å². The molecular formula is C27H24N4O3. The fourth-order valence-electron chi connectivity index (χ4n) is 4.02. The molecule has 1 unspecified atom stereocenters. The summed E-state index contributed by atoms with van der Waals surface area (Å²) in [5, 5.41) is 8.02. The van der Waals surface area contributed by atoms with Gasteiger partial charge < -0.3 is 14.8 Å². The van der Waals surface area contributed by atoms with Gasteiger partial charge in [-0.25, -0.2) is 9.48 Å². The summed E-state index contributed by atoms with van der Waals surface area (Å²) in [6.45, 7) is 2.04. The highest BCUT2D eigenvalue weighted by molar-refractivity contribution is 5.92. The average molecular weight is 453 g/mol. The average Bonchev–Trinajstić information content (AvgIpc) is 3.31. The number of esters is 1. The summed E-state index contributed by atoms with van der Waals surface area (Å²) in [4.78, 5) is 18.1. The molecule has 7 heteroatoms. The lowest BCUT2D eigenvalue weighted by Gasteiger charge is -2.28. The normalized spacial score (nSPS) is 14.8. The molecule has 1 aromatic heterocycles. The number of carbonyl (C=O) groups is 1. The number of hydrogen-bond acceptors (Lipinski definition) is 6. The van der Waals surface area contributed by atoms with Gasteiger partial charge in [-0.3, -0.25) is 0 Å². The molecule has 0 amide bonds. The molecule has 0 saturated heterocycles. The Bertz CT molecular complexity index is 1330. The maximum atomic E-state index is 13.4. The quantitative estimate of drug-likeness (QED) is 0.416. The molecule has 1 aliphatic rings. The van der Waals surface area contributed by atoms with Gasteiger partial charge in [0.15, 0.2) is 5.82 Å². The van der Waals surface area contributed by atoms with E-state index in [1.165, 1.54) is 0 Å². The van der Waals surface area contributed by atoms with Crippen LogP contribution in [0.3, 0.4) is 0 Å². The third kappa shape index (κ3) is 4.15. The van der Waals surface area contributed by atoms with Gasteiger partial charge in [-0.2, -0.15) is 4.98 Å². The van der Waals surface area contributed by atoms with Gasteiger partial charge in [-0.15, -0.1) is 5.10 Å². The second kappa shape index (κ2) is 9.23. The van der Waals surface area contributed by atoms with Crippen LogP contribution in [0.1, 0.15) is 24.1 Å². The largest absolute Gasteiger partial charge is 0.497 e. The minimum atomic E-state index is -0.504. The van der Waals surface area contributed by atoms with Gasteiger partial charge in [0.1, 0.15) is 18.4 Å². The van der Waals surface area contributed by atoms with Crippen LogP contribution < -0.4 is 10.1 Å². The predicted octanol–water partition coefficient (Wildman–Crippen LogP) is 4.99. The zero-order valence-corrected chi connectivity index (χ0v) is 18.9. The van der Waals surface area contributed by atoms with E-state index < -0.39 is 12.0 Å². The molecular weight excluding hydrogens is 428 g/mol. The summed E-state index contributed by atoms with van der Waals surface area (Å²) in [5.74, 6) is 1.47. The third-order valence-corrected chi connectivity index (χ3v) is 5.75. The molecule has 1 atom stereocenters. The number of ether oxygens (including phenoxy) is 2. The van der Waals surface area contributed by atoms with E-state index in [0.29, 0.717) is 23.0 Å². The molecule has 0 bridgehead atoms. The first kappa shape index (κ1) is 21.5. The maximum absolute atomic E-state index is 13.4. The van der Waals surface area contributed by atoms with Crippen LogP contribution >= 0.6 is 0 Å². The minimum Gasteiger partial charge on any atom is -0.497 e. The Morgan fingerprint density at radius 1 is 0.971 bits per heavy atom. The molecule has 170 valence electrons. The SMILES string of the molecule is COc1ccc(C2C(C(=O)OCc3ccccc3)=C(C)Nc3nc(-c4ccccc4)nn32)cc1. The smallest absolute Gasteiger partial charge is 0.338 e. The van der Waals surface area contributed by atoms with Crippen LogP contribution in [0.25, 0.3) is 11.4 Å². The summed E-state index contributed by atoms with van der Waals surface area (Å²) in [5.41, 5.74) is 3.85. The number of nitrogens with zero attached hydrogens (tertiary/aromatic N) is 3. The summed E-state index contributed by atoms with van der Waals surface area (Å²) in [6.07, 6.45) is 0. The number of carbonyl (C=O) groups excluding carboxylic acids is 1. The lowest BCUT2D eigenvalue weighted by Crippen LogP contribution is -2.29. The molecule has 0 radical (unpaired) electrons. The van der Waals surface area contributed by atoms with Crippen molar-refractivity contribution in [3.63, 3.8) is 0 Å². The molecule has 0 fully saturated rings. The number of rotatable bonds is 6. The van der Waals surface area contributed by atoms with Crippen molar-refractivity contribution < 1.29 is 14.3 Å². The molecule has 0 aliphatic carbocycles. The maximum Gasteiger partial charge on any atom is 0.338 e. The van der Waals surface area contributed by atoms with Crippen molar-refractivity contribution in [1.82, 2.24) is 14.8 Å². The number of fused-ring (bicyclic) bond motifs is 1. The molecule has 1 aliphatic heterocycles. The van der Waals surface area contributed by atoms with Gasteiger partial charge in [-0.1, -0.05) is 72.8 Å². The zero-order chi connectivity index (χ0) is 23.5. The molecule has 7 nitrogen and oxygen atoms in total. The molecule has 0 saturated carbocycles. The number of benzene rings is 3. The summed E-state index contributed by atoms with van der Waals surface area (Å²) in [6, 6.07) is 26.5. The van der Waals surface area contributed by atoms with Gasteiger partial charge in [0.05, 0.1) is 12.7 Å². The Kier molecular flexibility index (Phi) is 5.82. The highest BCUT2D eigenvalue weighted by atomic mass is 16.5. The number of hydrogen-bond donors (Lipinski definition) is 1. The first-order valence-electron chi connectivity index (χ1n) is 11.0. The summed E-state index contributed by atoms with van der Waals surface area (Å²) < 4.78 is 12.8. The highest BCUT2D eigenvalue weighted by Gasteiger charge is 2.35. The van der Waals surface area contributed by atoms with Crippen molar-refractivity contribution in [1.29, 1.82) is 0 Å². The first-order chi connectivity index (χ1) is 16.6. The van der Waals surface area contributed by atoms with Crippen molar-refractivity contribution in [2.75, 3.05) is 12.4 Å². The molecule has 5 rings (SSSR count). The van der Waals surface area contributed by atoms with Crippen molar-refractivity contribution >= 4 is 11.9 Å². The van der Waals surface area contributed by atoms with Crippen LogP contribution in [0.5, 0.6) is 5.75 Å². The van der Waals surface area contributed by atoms with Crippen LogP contribution in [0.2, 0.25) is 0 Å². The lowest BCUT2D eigenvalue weighted by atomic mass is 9.96. The Balaban J connectivity index is 1.54. The van der Waals surface area contributed by atoms with Crippen molar-refractivity contribution in [2.45, 2.75) is 19.6 Å². The van der Waals surface area contributed by atoms with Crippen LogP contribution in [-0.2, 0) is 16.1 Å². The third-order valence-electron chi connectivity index (χ3n) is 5.75. The fourth-order valence-corrected chi connectivity index (χ4v) is 4.02. The molecule has 34 heavy (non-hydrogen) atoms. The van der Waals surface area contributed by atoms with Gasteiger partial charge in [0.25, 0.3) is 0 Å². The van der Waals surface area contributed by atoms with E-state index in [-0.39, 0.29) is 6.61 Å². The summed E-state index contributed by atoms with van der Waals surface area (Å²) in [7, 11) is 1.62. The van der Waals surface area contributed by atoms with Crippen LogP contribution in [0.4, 0.5) is 5.95 Å². The van der Waals surface area contributed by atoms with Crippen LogP contribution in [-0.4, -0.2) is 27.8 Å². The van der Waals surface area contributed by atoms with E-state index in [9.17, 15) is 4.79 Å². The van der Waals surface area contributed by atoms with E-state index >= 15 is 0 Å². The molecule has 3 aromatic carbocycles. The Morgan fingerprint density at radius 2 is 1.65 bits per heavy atom. The number of nitrogens with one attached hydrogen (secondary N) is 1. The van der Waals surface area contributed by atoms with E-state index in [1.54, 1.807) is 11.8 Å². The van der Waals surface area contributed by atoms with Gasteiger partial charge in [0.2, 0.25) is 5.95 Å². The van der Waals surface area contributed by atoms with Crippen LogP contribution in [0.15, 0.2) is 96.2 Å². The fraction of sp³-hybridized carbons (Fsp3) is 0.148. The Labute approximate surface area is 197 Å². The zero-order valence-electron chi connectivity index (χ0n) is 18.9. The topological polar surface area (TPSA) is 78.3 Å². The van der Waals surface area contributed by atoms with Gasteiger partial charge in [0, 0.05) is 11.3 Å². The van der Waals surface area contributed by atoms with E-state index in [0.717, 1.165) is 22.4 Å². The first-order valence-corrected chi connectivity index (χ1v) is 11.0. The summed E-state index contributed by atoms with van der Waals surface area (Å²) >= 11 is 0. The Morgan fingerprint density at radius 3 is 2.32 bits per heavy atom. The minimum absolute atomic E-state index is 0.186. The van der Waals surface area contributed by atoms with Crippen molar-refractivity contribution in [2.24, 2.45) is 0 Å². The van der Waals surface area contributed by atoms with Gasteiger partial charge >= 0.3 is 5.97 Å². The number of allylic oxidation sites excluding steroid dienone is 1. The Hall–Kier alpha value is -4.39. The van der Waals surface area contributed by atoms with Crippen molar-refractivity contribution in [3.05, 3.63) is 107 Å². The molecule has 1 N–H and O–H groups in total. The monoisotopic (exact) mass is 452 g/mol. The number of anilines is 1. The lowest BCUT2D eigenvalue weighted by molar-refractivity contribution is -0.140. The highest BCUT2D eigenvalue weighted by Crippen LogP contribution is 2.37. The van der Waals surface area contributed by atoms with Crippen molar-refractivity contribution in [3.8, 4) is 17.1 Å². The second-order valence-electron chi connectivity index (χ2n) is 7.97.